The van der Waals surface area contributed by atoms with Crippen molar-refractivity contribution in [1.29, 1.82) is 10.5 Å². The summed E-state index contributed by atoms with van der Waals surface area (Å²) < 4.78 is 12.9. The van der Waals surface area contributed by atoms with Gasteiger partial charge in [-0.2, -0.15) is 15.6 Å². The molecule has 0 aliphatic heterocycles. The number of hydrogen-bond donors (Lipinski definition) is 1. The van der Waals surface area contributed by atoms with Crippen molar-refractivity contribution >= 4 is 34.6 Å². The van der Waals surface area contributed by atoms with E-state index in [1.54, 1.807) is 12.1 Å². The molecule has 0 atom stereocenters. The average Bonchev–Trinajstić information content (AvgIpc) is 2.30. The van der Waals surface area contributed by atoms with Crippen LogP contribution in [0.25, 0.3) is 0 Å². The van der Waals surface area contributed by atoms with Gasteiger partial charge in [0.05, 0.1) is 15.7 Å². The zero-order valence-electron chi connectivity index (χ0n) is 7.63. The van der Waals surface area contributed by atoms with Crippen molar-refractivity contribution in [1.82, 2.24) is 0 Å². The molecule has 80 valence electrons. The number of nitriles is 2. The lowest BCUT2D eigenvalue weighted by Crippen LogP contribution is -1.97. The molecule has 4 nitrogen and oxygen atoms in total. The van der Waals surface area contributed by atoms with Gasteiger partial charge in [-0.25, -0.2) is 4.39 Å². The molecule has 0 unspecified atom stereocenters. The van der Waals surface area contributed by atoms with Crippen LogP contribution in [0.3, 0.4) is 0 Å². The van der Waals surface area contributed by atoms with Crippen LogP contribution < -0.4 is 5.43 Å². The third-order valence-electron chi connectivity index (χ3n) is 1.54. The third-order valence-corrected chi connectivity index (χ3v) is 2.39. The summed E-state index contributed by atoms with van der Waals surface area (Å²) in [6.07, 6.45) is 0. The minimum atomic E-state index is -0.665. The van der Waals surface area contributed by atoms with Crippen molar-refractivity contribution in [2.75, 3.05) is 5.43 Å². The molecule has 1 N–H and O–H groups in total. The van der Waals surface area contributed by atoms with E-state index in [1.165, 1.54) is 6.07 Å². The Hall–Kier alpha value is -1.82. The summed E-state index contributed by atoms with van der Waals surface area (Å²) in [5.74, 6) is -0.665. The zero-order valence-corrected chi connectivity index (χ0v) is 9.14. The van der Waals surface area contributed by atoms with Gasteiger partial charge in [0.25, 0.3) is 0 Å². The number of hydrogen-bond acceptors (Lipinski definition) is 4. The van der Waals surface area contributed by atoms with Crippen molar-refractivity contribution < 1.29 is 4.39 Å². The van der Waals surface area contributed by atoms with E-state index in [0.717, 1.165) is 6.07 Å². The molecule has 0 aromatic heterocycles. The minimum absolute atomic E-state index is 0.0688. The summed E-state index contributed by atoms with van der Waals surface area (Å²) in [6.45, 7) is 0. The molecule has 0 saturated heterocycles. The maximum Gasteiger partial charge on any atom is 0.237 e. The molecule has 0 radical (unpaired) electrons. The van der Waals surface area contributed by atoms with E-state index in [4.69, 9.17) is 33.7 Å². The standard InChI is InChI=1S/C9H3Cl2FN4/c10-8-6(12)1-2-7(9(8)11)16-15-5(3-13)4-14/h1-2,16H. The van der Waals surface area contributed by atoms with E-state index >= 15 is 0 Å². The molecule has 16 heavy (non-hydrogen) atoms. The number of nitrogens with one attached hydrogen (secondary N) is 1. The van der Waals surface area contributed by atoms with Crippen LogP contribution in [0.1, 0.15) is 0 Å². The van der Waals surface area contributed by atoms with Gasteiger partial charge >= 0.3 is 0 Å². The van der Waals surface area contributed by atoms with E-state index in [2.05, 4.69) is 10.5 Å². The van der Waals surface area contributed by atoms with Gasteiger partial charge in [0, 0.05) is 0 Å². The van der Waals surface area contributed by atoms with Gasteiger partial charge in [0.2, 0.25) is 5.71 Å². The fourth-order valence-electron chi connectivity index (χ4n) is 0.803. The molecule has 7 heteroatoms. The second kappa shape index (κ2) is 5.32. The van der Waals surface area contributed by atoms with E-state index in [1.807, 2.05) is 0 Å². The predicted octanol–water partition coefficient (Wildman–Crippen LogP) is 2.95. The Morgan fingerprint density at radius 3 is 2.44 bits per heavy atom. The van der Waals surface area contributed by atoms with E-state index in [9.17, 15) is 4.39 Å². The summed E-state index contributed by atoms with van der Waals surface area (Å²) in [4.78, 5) is 0. The van der Waals surface area contributed by atoms with Gasteiger partial charge in [0.1, 0.15) is 18.0 Å². The summed E-state index contributed by atoms with van der Waals surface area (Å²) >= 11 is 11.2. The highest BCUT2D eigenvalue weighted by Crippen LogP contribution is 2.31. The first-order chi connectivity index (χ1) is 7.60. The van der Waals surface area contributed by atoms with Gasteiger partial charge < -0.3 is 0 Å². The van der Waals surface area contributed by atoms with Crippen molar-refractivity contribution in [3.63, 3.8) is 0 Å². The summed E-state index contributed by atoms with van der Waals surface area (Å²) in [7, 11) is 0. The van der Waals surface area contributed by atoms with Crippen LogP contribution in [0, 0.1) is 28.5 Å². The van der Waals surface area contributed by atoms with Crippen molar-refractivity contribution in [2.45, 2.75) is 0 Å². The molecule has 0 bridgehead atoms. The van der Waals surface area contributed by atoms with E-state index in [-0.39, 0.29) is 21.4 Å². The normalized spacial score (nSPS) is 8.81. The largest absolute Gasteiger partial charge is 0.275 e. The molecule has 1 aromatic rings. The fraction of sp³-hybridized carbons (Fsp3) is 0. The van der Waals surface area contributed by atoms with E-state index < -0.39 is 5.82 Å². The lowest BCUT2D eigenvalue weighted by molar-refractivity contribution is 0.628. The van der Waals surface area contributed by atoms with Crippen LogP contribution in [0.4, 0.5) is 10.1 Å². The predicted molar refractivity (Wildman–Crippen MR) is 58.7 cm³/mol. The first-order valence-electron chi connectivity index (χ1n) is 3.87. The van der Waals surface area contributed by atoms with Crippen molar-refractivity contribution in [3.8, 4) is 12.1 Å². The van der Waals surface area contributed by atoms with Crippen molar-refractivity contribution in [2.24, 2.45) is 5.10 Å². The number of anilines is 1. The monoisotopic (exact) mass is 256 g/mol. The molecule has 0 aliphatic carbocycles. The smallest absolute Gasteiger partial charge is 0.237 e. The van der Waals surface area contributed by atoms with Gasteiger partial charge in [-0.05, 0) is 12.1 Å². The quantitative estimate of drug-likeness (QED) is 0.503. The van der Waals surface area contributed by atoms with Crippen LogP contribution >= 0.6 is 23.2 Å². The Bertz CT molecular complexity index is 512. The van der Waals surface area contributed by atoms with Crippen LogP contribution in [0.5, 0.6) is 0 Å². The van der Waals surface area contributed by atoms with Crippen LogP contribution in [0.15, 0.2) is 17.2 Å². The van der Waals surface area contributed by atoms with Crippen LogP contribution in [0.2, 0.25) is 10.0 Å². The Morgan fingerprint density at radius 2 is 1.88 bits per heavy atom. The average molecular weight is 257 g/mol. The molecule has 0 saturated carbocycles. The molecule has 0 spiro atoms. The number of rotatable bonds is 2. The highest BCUT2D eigenvalue weighted by atomic mass is 35.5. The van der Waals surface area contributed by atoms with Crippen LogP contribution in [-0.2, 0) is 0 Å². The highest BCUT2D eigenvalue weighted by molar-refractivity contribution is 6.43. The number of hydrazone groups is 1. The maximum atomic E-state index is 12.9. The van der Waals surface area contributed by atoms with E-state index in [0.29, 0.717) is 0 Å². The van der Waals surface area contributed by atoms with Gasteiger partial charge in [-0.15, -0.1) is 0 Å². The summed E-state index contributed by atoms with van der Waals surface area (Å²) in [6, 6.07) is 5.47. The lowest BCUT2D eigenvalue weighted by atomic mass is 10.3. The first kappa shape index (κ1) is 12.3. The van der Waals surface area contributed by atoms with Gasteiger partial charge in [-0.3, -0.25) is 5.43 Å². The fourth-order valence-corrected chi connectivity index (χ4v) is 1.16. The molecule has 1 rings (SSSR count). The first-order valence-corrected chi connectivity index (χ1v) is 4.63. The topological polar surface area (TPSA) is 72.0 Å². The van der Waals surface area contributed by atoms with Gasteiger partial charge in [0.15, 0.2) is 0 Å². The second-order valence-electron chi connectivity index (χ2n) is 2.52. The molecule has 0 fully saturated rings. The number of nitrogens with zero attached hydrogens (tertiary/aromatic N) is 3. The lowest BCUT2D eigenvalue weighted by Gasteiger charge is -2.04. The Kier molecular flexibility index (Phi) is 4.07. The summed E-state index contributed by atoms with van der Waals surface area (Å²) in [5.41, 5.74) is 2.17. The summed E-state index contributed by atoms with van der Waals surface area (Å²) in [5, 5.41) is 19.9. The zero-order chi connectivity index (χ0) is 12.1. The van der Waals surface area contributed by atoms with Gasteiger partial charge in [-0.1, -0.05) is 23.2 Å². The molecular weight excluding hydrogens is 254 g/mol. The molecule has 0 amide bonds. The Labute approximate surface area is 100 Å². The maximum absolute atomic E-state index is 12.9. The third kappa shape index (κ3) is 2.60. The Balaban J connectivity index is 3.02. The minimum Gasteiger partial charge on any atom is -0.275 e. The molecular formula is C9H3Cl2FN4. The molecule has 1 aromatic carbocycles. The van der Waals surface area contributed by atoms with Crippen molar-refractivity contribution in [3.05, 3.63) is 28.0 Å². The number of benzene rings is 1. The number of halogens is 3. The molecule has 0 heterocycles. The van der Waals surface area contributed by atoms with Crippen LogP contribution in [-0.4, -0.2) is 5.71 Å². The highest BCUT2D eigenvalue weighted by Gasteiger charge is 2.09. The SMILES string of the molecule is N#CC(C#N)=NNc1ccc(F)c(Cl)c1Cl. The second-order valence-corrected chi connectivity index (χ2v) is 3.27. The Morgan fingerprint density at radius 1 is 1.25 bits per heavy atom. The molecule has 0 aliphatic rings.